The minimum Gasteiger partial charge on any atom is -0.493 e. The summed E-state index contributed by atoms with van der Waals surface area (Å²) in [5, 5.41) is 0.553. The summed E-state index contributed by atoms with van der Waals surface area (Å²) < 4.78 is 18.2. The lowest BCUT2D eigenvalue weighted by Crippen LogP contribution is -2.25. The van der Waals surface area contributed by atoms with Crippen molar-refractivity contribution in [2.45, 2.75) is 32.2 Å². The van der Waals surface area contributed by atoms with Gasteiger partial charge in [-0.25, -0.2) is 4.98 Å². The molecule has 1 unspecified atom stereocenters. The summed E-state index contributed by atoms with van der Waals surface area (Å²) in [5.74, 6) is 2.09. The van der Waals surface area contributed by atoms with E-state index in [0.717, 1.165) is 17.5 Å². The molecule has 0 fully saturated rings. The zero-order valence-electron chi connectivity index (χ0n) is 20.1. The van der Waals surface area contributed by atoms with Crippen LogP contribution in [0.15, 0.2) is 47.3 Å². The standard InChI is InChI=1S/C27H26N2O5S/c1-15-10-11-18(30)24-21(15)22-26(35-24)28-25(29(27(22)31)14-16-8-6-5-7-9-16)17-12-19(32-2)23(34-4)20(13-17)33-3/h5-9,12-13,15H,10-11,14H2,1-4H3. The molecular weight excluding hydrogens is 464 g/mol. The van der Waals surface area contributed by atoms with Crippen molar-refractivity contribution in [3.8, 4) is 28.6 Å². The van der Waals surface area contributed by atoms with E-state index < -0.39 is 0 Å². The van der Waals surface area contributed by atoms with E-state index in [-0.39, 0.29) is 17.3 Å². The van der Waals surface area contributed by atoms with Gasteiger partial charge in [-0.05, 0) is 35.6 Å². The second-order valence-electron chi connectivity index (χ2n) is 8.61. The van der Waals surface area contributed by atoms with E-state index in [0.29, 0.717) is 56.7 Å². The van der Waals surface area contributed by atoms with Crippen LogP contribution in [0, 0.1) is 0 Å². The quantitative estimate of drug-likeness (QED) is 0.366. The molecule has 0 bridgehead atoms. The first kappa shape index (κ1) is 23.1. The maximum atomic E-state index is 14.1. The Balaban J connectivity index is 1.83. The van der Waals surface area contributed by atoms with Gasteiger partial charge in [0.2, 0.25) is 5.75 Å². The predicted octanol–water partition coefficient (Wildman–Crippen LogP) is 5.28. The Labute approximate surface area is 206 Å². The molecule has 1 aliphatic carbocycles. The van der Waals surface area contributed by atoms with Gasteiger partial charge in [0.15, 0.2) is 17.3 Å². The number of fused-ring (bicyclic) bond motifs is 3. The summed E-state index contributed by atoms with van der Waals surface area (Å²) in [7, 11) is 4.65. The Morgan fingerprint density at radius 1 is 1.03 bits per heavy atom. The molecule has 2 aromatic heterocycles. The number of hydrogen-bond acceptors (Lipinski definition) is 7. The van der Waals surface area contributed by atoms with Gasteiger partial charge in [0.05, 0.1) is 38.1 Å². The number of thiophene rings is 1. The van der Waals surface area contributed by atoms with Crippen LogP contribution in [-0.4, -0.2) is 36.7 Å². The summed E-state index contributed by atoms with van der Waals surface area (Å²) in [4.78, 5) is 33.0. The number of nitrogens with zero attached hydrogens (tertiary/aromatic N) is 2. The first-order valence-corrected chi connectivity index (χ1v) is 12.2. The average molecular weight is 491 g/mol. The minimum absolute atomic E-state index is 0.0874. The maximum Gasteiger partial charge on any atom is 0.263 e. The van der Waals surface area contributed by atoms with Crippen molar-refractivity contribution in [2.75, 3.05) is 21.3 Å². The molecule has 0 aliphatic heterocycles. The van der Waals surface area contributed by atoms with E-state index in [4.69, 9.17) is 19.2 Å². The largest absolute Gasteiger partial charge is 0.493 e. The SMILES string of the molecule is COc1cc(-c2nc3sc4c(c3c(=O)n2Cc2ccccc2)C(C)CCC4=O)cc(OC)c1OC. The van der Waals surface area contributed by atoms with Crippen LogP contribution >= 0.6 is 11.3 Å². The molecular formula is C27H26N2O5S. The predicted molar refractivity (Wildman–Crippen MR) is 136 cm³/mol. The van der Waals surface area contributed by atoms with E-state index in [1.807, 2.05) is 30.3 Å². The normalized spacial score (nSPS) is 15.2. The van der Waals surface area contributed by atoms with Crippen LogP contribution in [0.4, 0.5) is 0 Å². The molecule has 8 heteroatoms. The number of aromatic nitrogens is 2. The number of methoxy groups -OCH3 is 3. The smallest absolute Gasteiger partial charge is 0.263 e. The van der Waals surface area contributed by atoms with Crippen LogP contribution in [0.3, 0.4) is 0 Å². The second-order valence-corrected chi connectivity index (χ2v) is 9.61. The number of ether oxygens (including phenoxy) is 3. The van der Waals surface area contributed by atoms with Crippen LogP contribution in [0.25, 0.3) is 21.6 Å². The van der Waals surface area contributed by atoms with Crippen molar-refractivity contribution < 1.29 is 19.0 Å². The van der Waals surface area contributed by atoms with Crippen molar-refractivity contribution >= 4 is 27.3 Å². The number of rotatable bonds is 6. The van der Waals surface area contributed by atoms with Crippen molar-refractivity contribution in [1.29, 1.82) is 0 Å². The van der Waals surface area contributed by atoms with Crippen LogP contribution in [0.1, 0.15) is 46.5 Å². The molecule has 2 heterocycles. The molecule has 0 spiro atoms. The zero-order valence-corrected chi connectivity index (χ0v) is 20.9. The lowest BCUT2D eigenvalue weighted by atomic mass is 9.87. The Morgan fingerprint density at radius 2 is 1.71 bits per heavy atom. The summed E-state index contributed by atoms with van der Waals surface area (Å²) in [6.45, 7) is 2.41. The fourth-order valence-corrected chi connectivity index (χ4v) is 5.98. The summed E-state index contributed by atoms with van der Waals surface area (Å²) in [6, 6.07) is 13.4. The van der Waals surface area contributed by atoms with Crippen molar-refractivity contribution in [1.82, 2.24) is 9.55 Å². The van der Waals surface area contributed by atoms with E-state index in [9.17, 15) is 9.59 Å². The van der Waals surface area contributed by atoms with Crippen LogP contribution in [-0.2, 0) is 6.54 Å². The zero-order chi connectivity index (χ0) is 24.7. The third kappa shape index (κ3) is 3.87. The maximum absolute atomic E-state index is 14.1. The first-order valence-electron chi connectivity index (χ1n) is 11.4. The van der Waals surface area contributed by atoms with Crippen molar-refractivity contribution in [2.24, 2.45) is 0 Å². The van der Waals surface area contributed by atoms with Gasteiger partial charge in [0.1, 0.15) is 10.7 Å². The number of carbonyl (C=O) groups excluding carboxylic acids is 1. The second kappa shape index (κ2) is 9.19. The molecule has 7 nitrogen and oxygen atoms in total. The van der Waals surface area contributed by atoms with Crippen molar-refractivity contribution in [3.63, 3.8) is 0 Å². The van der Waals surface area contributed by atoms with E-state index in [1.54, 1.807) is 38.0 Å². The van der Waals surface area contributed by atoms with Gasteiger partial charge >= 0.3 is 0 Å². The first-order chi connectivity index (χ1) is 17.0. The molecule has 35 heavy (non-hydrogen) atoms. The highest BCUT2D eigenvalue weighted by molar-refractivity contribution is 7.20. The number of ketones is 1. The Bertz CT molecular complexity index is 1460. The molecule has 1 aliphatic rings. The monoisotopic (exact) mass is 490 g/mol. The number of hydrogen-bond donors (Lipinski definition) is 0. The molecule has 0 saturated carbocycles. The van der Waals surface area contributed by atoms with Gasteiger partial charge < -0.3 is 14.2 Å². The number of benzene rings is 2. The summed E-state index contributed by atoms with van der Waals surface area (Å²) >= 11 is 1.32. The lowest BCUT2D eigenvalue weighted by molar-refractivity contribution is 0.0973. The molecule has 1 atom stereocenters. The Morgan fingerprint density at radius 3 is 2.34 bits per heavy atom. The highest BCUT2D eigenvalue weighted by atomic mass is 32.1. The molecule has 5 rings (SSSR count). The molecule has 2 aromatic carbocycles. The summed E-state index contributed by atoms with van der Waals surface area (Å²) in [5.41, 5.74) is 2.32. The van der Waals surface area contributed by atoms with Gasteiger partial charge in [-0.2, -0.15) is 0 Å². The Kier molecular flexibility index (Phi) is 6.06. The average Bonchev–Trinajstić information content (AvgIpc) is 3.28. The van der Waals surface area contributed by atoms with Gasteiger partial charge in [0, 0.05) is 12.0 Å². The third-order valence-corrected chi connectivity index (χ3v) is 7.65. The Hall–Kier alpha value is -3.65. The van der Waals surface area contributed by atoms with Crippen molar-refractivity contribution in [3.05, 3.63) is 68.8 Å². The molecule has 180 valence electrons. The molecule has 4 aromatic rings. The molecule has 0 radical (unpaired) electrons. The van der Waals surface area contributed by atoms with Gasteiger partial charge in [-0.15, -0.1) is 11.3 Å². The minimum atomic E-state index is -0.151. The van der Waals surface area contributed by atoms with E-state index >= 15 is 0 Å². The molecule has 0 N–H and O–H groups in total. The van der Waals surface area contributed by atoms with Gasteiger partial charge in [0.25, 0.3) is 5.56 Å². The summed E-state index contributed by atoms with van der Waals surface area (Å²) in [6.07, 6.45) is 1.24. The number of Topliss-reactive ketones (excluding diaryl/α,β-unsaturated/α-hetero) is 1. The highest BCUT2D eigenvalue weighted by Gasteiger charge is 2.31. The van der Waals surface area contributed by atoms with Crippen LogP contribution in [0.5, 0.6) is 17.2 Å². The fraction of sp³-hybridized carbons (Fsp3) is 0.296. The fourth-order valence-electron chi connectivity index (χ4n) is 4.73. The van der Waals surface area contributed by atoms with Gasteiger partial charge in [-0.1, -0.05) is 37.3 Å². The van der Waals surface area contributed by atoms with Gasteiger partial charge in [-0.3, -0.25) is 14.2 Å². The molecule has 0 amide bonds. The topological polar surface area (TPSA) is 79.7 Å². The van der Waals surface area contributed by atoms with Crippen LogP contribution < -0.4 is 19.8 Å². The van der Waals surface area contributed by atoms with Crippen LogP contribution in [0.2, 0.25) is 0 Å². The van der Waals surface area contributed by atoms with E-state index in [2.05, 4.69) is 6.92 Å². The molecule has 0 saturated heterocycles. The third-order valence-electron chi connectivity index (χ3n) is 6.51. The highest BCUT2D eigenvalue weighted by Crippen LogP contribution is 2.43. The lowest BCUT2D eigenvalue weighted by Gasteiger charge is -2.19. The number of carbonyl (C=O) groups is 1. The van der Waals surface area contributed by atoms with E-state index in [1.165, 1.54) is 11.3 Å².